The van der Waals surface area contributed by atoms with Crippen LogP contribution in [0.5, 0.6) is 5.75 Å². The van der Waals surface area contributed by atoms with Crippen molar-refractivity contribution in [1.29, 1.82) is 0 Å². The fourth-order valence-corrected chi connectivity index (χ4v) is 3.19. The summed E-state index contributed by atoms with van der Waals surface area (Å²) in [4.78, 5) is 12.7. The fourth-order valence-electron chi connectivity index (χ4n) is 2.36. The van der Waals surface area contributed by atoms with Crippen molar-refractivity contribution in [2.45, 2.75) is 4.90 Å². The summed E-state index contributed by atoms with van der Waals surface area (Å²) < 4.78 is 5.22. The molecule has 0 fully saturated rings. The second kappa shape index (κ2) is 7.23. The Bertz CT molecular complexity index is 901. The van der Waals surface area contributed by atoms with E-state index in [0.717, 1.165) is 27.0 Å². The molecule has 1 N–H and O–H groups in total. The molecule has 0 heterocycles. The minimum Gasteiger partial charge on any atom is -0.497 e. The monoisotopic (exact) mass is 336 g/mol. The smallest absolute Gasteiger partial charge is 0.342 e. The molecule has 0 atom stereocenters. The average molecular weight is 336 g/mol. The van der Waals surface area contributed by atoms with E-state index < -0.39 is 5.97 Å². The van der Waals surface area contributed by atoms with Crippen LogP contribution < -0.4 is 4.74 Å². The van der Waals surface area contributed by atoms with Crippen molar-refractivity contribution in [2.75, 3.05) is 7.11 Å². The van der Waals surface area contributed by atoms with Crippen molar-refractivity contribution in [3.05, 3.63) is 77.2 Å². The summed E-state index contributed by atoms with van der Waals surface area (Å²) in [5.41, 5.74) is 0.855. The number of hydrogen-bond acceptors (Lipinski definition) is 3. The van der Waals surface area contributed by atoms with Crippen LogP contribution in [0.25, 0.3) is 16.8 Å². The number of benzene rings is 3. The van der Waals surface area contributed by atoms with E-state index in [9.17, 15) is 9.90 Å². The summed E-state index contributed by atoms with van der Waals surface area (Å²) >= 11 is 1.24. The van der Waals surface area contributed by atoms with Gasteiger partial charge in [-0.2, -0.15) is 0 Å². The molecule has 0 aliphatic heterocycles. The molecule has 0 radical (unpaired) electrons. The summed E-state index contributed by atoms with van der Waals surface area (Å²) in [7, 11) is 1.64. The molecule has 0 bridgehead atoms. The van der Waals surface area contributed by atoms with Crippen LogP contribution in [-0.4, -0.2) is 18.2 Å². The van der Waals surface area contributed by atoms with Gasteiger partial charge in [-0.05, 0) is 52.7 Å². The van der Waals surface area contributed by atoms with Crippen LogP contribution in [0.1, 0.15) is 5.56 Å². The fraction of sp³-hybridized carbons (Fsp3) is 0.0500. The zero-order valence-corrected chi connectivity index (χ0v) is 13.9. The molecule has 3 aromatic rings. The topological polar surface area (TPSA) is 46.5 Å². The van der Waals surface area contributed by atoms with Gasteiger partial charge in [-0.15, -0.1) is 0 Å². The lowest BCUT2D eigenvalue weighted by atomic mass is 10.1. The van der Waals surface area contributed by atoms with Crippen LogP contribution >= 0.6 is 11.8 Å². The molecule has 0 unspecified atom stereocenters. The van der Waals surface area contributed by atoms with Gasteiger partial charge in [-0.3, -0.25) is 0 Å². The van der Waals surface area contributed by atoms with E-state index in [1.54, 1.807) is 13.2 Å². The number of thioether (sulfide) groups is 1. The Morgan fingerprint density at radius 1 is 1.00 bits per heavy atom. The van der Waals surface area contributed by atoms with Crippen molar-refractivity contribution < 1.29 is 14.6 Å². The molecule has 0 spiro atoms. The zero-order chi connectivity index (χ0) is 16.9. The molecule has 0 aliphatic rings. The number of methoxy groups -OCH3 is 1. The van der Waals surface area contributed by atoms with Crippen LogP contribution in [0.15, 0.2) is 76.5 Å². The Kier molecular flexibility index (Phi) is 4.87. The third-order valence-corrected chi connectivity index (χ3v) is 4.57. The first-order valence-electron chi connectivity index (χ1n) is 7.41. The normalized spacial score (nSPS) is 11.5. The maximum Gasteiger partial charge on any atom is 0.342 e. The van der Waals surface area contributed by atoms with Crippen molar-refractivity contribution >= 4 is 34.6 Å². The van der Waals surface area contributed by atoms with E-state index in [1.807, 2.05) is 66.7 Å². The van der Waals surface area contributed by atoms with Gasteiger partial charge >= 0.3 is 5.97 Å². The van der Waals surface area contributed by atoms with Gasteiger partial charge < -0.3 is 9.84 Å². The summed E-state index contributed by atoms with van der Waals surface area (Å²) in [5.74, 6) is -0.129. The summed E-state index contributed by atoms with van der Waals surface area (Å²) in [6, 6.07) is 21.2. The molecular formula is C20H16O3S. The lowest BCUT2D eigenvalue weighted by molar-refractivity contribution is -0.131. The van der Waals surface area contributed by atoms with Crippen molar-refractivity contribution in [3.63, 3.8) is 0 Å². The van der Waals surface area contributed by atoms with Gasteiger partial charge in [-0.25, -0.2) is 4.79 Å². The van der Waals surface area contributed by atoms with Gasteiger partial charge in [0.1, 0.15) is 5.75 Å². The Balaban J connectivity index is 1.94. The first-order valence-corrected chi connectivity index (χ1v) is 8.23. The highest BCUT2D eigenvalue weighted by atomic mass is 32.2. The minimum atomic E-state index is -0.932. The zero-order valence-electron chi connectivity index (χ0n) is 13.1. The molecule has 3 rings (SSSR count). The van der Waals surface area contributed by atoms with Crippen LogP contribution in [0.4, 0.5) is 0 Å². The van der Waals surface area contributed by atoms with Gasteiger partial charge in [0.25, 0.3) is 0 Å². The Labute approximate surface area is 144 Å². The number of carboxylic acid groups (broad SMARTS) is 1. The van der Waals surface area contributed by atoms with E-state index in [-0.39, 0.29) is 4.91 Å². The lowest BCUT2D eigenvalue weighted by Crippen LogP contribution is -1.96. The quantitative estimate of drug-likeness (QED) is 0.522. The molecular weight excluding hydrogens is 320 g/mol. The number of ether oxygens (including phenoxy) is 1. The van der Waals surface area contributed by atoms with Gasteiger partial charge in [0.15, 0.2) is 0 Å². The Morgan fingerprint density at radius 3 is 2.42 bits per heavy atom. The lowest BCUT2D eigenvalue weighted by Gasteiger charge is -2.05. The first kappa shape index (κ1) is 16.1. The third kappa shape index (κ3) is 3.78. The number of fused-ring (bicyclic) bond motifs is 1. The Hall–Kier alpha value is -2.72. The molecule has 3 nitrogen and oxygen atoms in total. The van der Waals surface area contributed by atoms with E-state index in [4.69, 9.17) is 4.74 Å². The van der Waals surface area contributed by atoms with Crippen LogP contribution in [0.3, 0.4) is 0 Å². The van der Waals surface area contributed by atoms with Crippen molar-refractivity contribution in [1.82, 2.24) is 0 Å². The highest BCUT2D eigenvalue weighted by Gasteiger charge is 2.10. The predicted octanol–water partition coefficient (Wildman–Crippen LogP) is 5.07. The maximum atomic E-state index is 11.5. The standard InChI is InChI=1S/C20H16O3S/c1-23-17-10-9-15-11-14(7-8-16(15)13-17)12-19(20(21)22)24-18-5-3-2-4-6-18/h2-13H,1H3,(H,21,22)/b19-12-. The number of carboxylic acids is 1. The molecule has 0 saturated carbocycles. The van der Waals surface area contributed by atoms with Crippen molar-refractivity contribution in [3.8, 4) is 5.75 Å². The molecule has 120 valence electrons. The first-order chi connectivity index (χ1) is 11.7. The highest BCUT2D eigenvalue weighted by molar-refractivity contribution is 8.04. The second-order valence-electron chi connectivity index (χ2n) is 5.20. The number of hydrogen-bond donors (Lipinski definition) is 1. The van der Waals surface area contributed by atoms with Crippen molar-refractivity contribution in [2.24, 2.45) is 0 Å². The molecule has 0 saturated heterocycles. The van der Waals surface area contributed by atoms with Gasteiger partial charge in [0, 0.05) is 4.90 Å². The van der Waals surface area contributed by atoms with E-state index in [0.29, 0.717) is 0 Å². The average Bonchev–Trinajstić information content (AvgIpc) is 2.61. The maximum absolute atomic E-state index is 11.5. The molecule has 3 aromatic carbocycles. The van der Waals surface area contributed by atoms with Gasteiger partial charge in [0.2, 0.25) is 0 Å². The number of carbonyl (C=O) groups is 1. The SMILES string of the molecule is COc1ccc2cc(/C=C(\Sc3ccccc3)C(=O)O)ccc2c1. The van der Waals surface area contributed by atoms with Gasteiger partial charge in [-0.1, -0.05) is 48.2 Å². The van der Waals surface area contributed by atoms with Crippen LogP contribution in [0, 0.1) is 0 Å². The highest BCUT2D eigenvalue weighted by Crippen LogP contribution is 2.29. The molecule has 24 heavy (non-hydrogen) atoms. The molecule has 4 heteroatoms. The summed E-state index contributed by atoms with van der Waals surface area (Å²) in [6.07, 6.45) is 1.70. The van der Waals surface area contributed by atoms with Gasteiger partial charge in [0.05, 0.1) is 12.0 Å². The third-order valence-electron chi connectivity index (χ3n) is 3.55. The second-order valence-corrected chi connectivity index (χ2v) is 6.32. The number of rotatable bonds is 5. The molecule has 0 aromatic heterocycles. The van der Waals surface area contributed by atoms with E-state index in [1.165, 1.54) is 11.8 Å². The summed E-state index contributed by atoms with van der Waals surface area (Å²) in [6.45, 7) is 0. The van der Waals surface area contributed by atoms with Crippen LogP contribution in [-0.2, 0) is 4.79 Å². The minimum absolute atomic E-state index is 0.286. The van der Waals surface area contributed by atoms with E-state index >= 15 is 0 Å². The largest absolute Gasteiger partial charge is 0.497 e. The predicted molar refractivity (Wildman–Crippen MR) is 98.4 cm³/mol. The van der Waals surface area contributed by atoms with Crippen LogP contribution in [0.2, 0.25) is 0 Å². The summed E-state index contributed by atoms with van der Waals surface area (Å²) in [5, 5.41) is 11.6. The molecule has 0 amide bonds. The molecule has 0 aliphatic carbocycles. The Morgan fingerprint density at radius 2 is 1.71 bits per heavy atom. The van der Waals surface area contributed by atoms with E-state index in [2.05, 4.69) is 0 Å². The number of aliphatic carboxylic acids is 1.